The minimum Gasteiger partial charge on any atom is -0.378 e. The summed E-state index contributed by atoms with van der Waals surface area (Å²) >= 11 is 0. The van der Waals surface area contributed by atoms with E-state index in [0.29, 0.717) is 19.6 Å². The molecule has 1 unspecified atom stereocenters. The number of aromatic nitrogens is 2. The van der Waals surface area contributed by atoms with Crippen LogP contribution in [0.5, 0.6) is 0 Å². The summed E-state index contributed by atoms with van der Waals surface area (Å²) < 4.78 is 5.33. The predicted molar refractivity (Wildman–Crippen MR) is 72.0 cm³/mol. The van der Waals surface area contributed by atoms with Crippen molar-refractivity contribution < 1.29 is 9.53 Å². The van der Waals surface area contributed by atoms with Crippen molar-refractivity contribution in [1.29, 1.82) is 0 Å². The fraction of sp³-hybridized carbons (Fsp3) is 0.385. The molecule has 1 aromatic carbocycles. The Morgan fingerprint density at radius 1 is 1.53 bits per heavy atom. The Morgan fingerprint density at radius 2 is 2.47 bits per heavy atom. The fourth-order valence-corrected chi connectivity index (χ4v) is 2.25. The lowest BCUT2D eigenvalue weighted by molar-refractivity contribution is -0.117. The monoisotopic (exact) mass is 260 g/mol. The van der Waals surface area contributed by atoms with Gasteiger partial charge in [-0.25, -0.2) is 0 Å². The van der Waals surface area contributed by atoms with Crippen molar-refractivity contribution in [2.45, 2.75) is 12.5 Å². The number of nitrogens with zero attached hydrogens (tertiary/aromatic N) is 1. The summed E-state index contributed by atoms with van der Waals surface area (Å²) in [6.07, 6.45) is 2.14. The second-order valence-corrected chi connectivity index (χ2v) is 4.62. The standard InChI is InChI=1S/C13H16N4O2/c18-12(6-10-8-19-5-4-14-10)16-11-3-1-2-9-7-15-17-13(9)11/h1-3,7,10,14H,4-6,8H2,(H,15,17)(H,16,18). The van der Waals surface area contributed by atoms with Gasteiger partial charge in [0.25, 0.3) is 0 Å². The quantitative estimate of drug-likeness (QED) is 0.765. The molecule has 0 bridgehead atoms. The highest BCUT2D eigenvalue weighted by atomic mass is 16.5. The molecule has 1 atom stereocenters. The van der Waals surface area contributed by atoms with E-state index in [4.69, 9.17) is 4.74 Å². The van der Waals surface area contributed by atoms with Gasteiger partial charge in [-0.1, -0.05) is 12.1 Å². The van der Waals surface area contributed by atoms with Crippen LogP contribution in [0.4, 0.5) is 5.69 Å². The van der Waals surface area contributed by atoms with Crippen molar-refractivity contribution in [1.82, 2.24) is 15.5 Å². The highest BCUT2D eigenvalue weighted by molar-refractivity contribution is 6.00. The van der Waals surface area contributed by atoms with Gasteiger partial charge in [0.15, 0.2) is 0 Å². The highest BCUT2D eigenvalue weighted by Crippen LogP contribution is 2.20. The number of rotatable bonds is 3. The molecule has 100 valence electrons. The molecule has 0 radical (unpaired) electrons. The van der Waals surface area contributed by atoms with Crippen molar-refractivity contribution in [2.24, 2.45) is 0 Å². The topological polar surface area (TPSA) is 79.0 Å². The van der Waals surface area contributed by atoms with E-state index in [2.05, 4.69) is 20.8 Å². The van der Waals surface area contributed by atoms with Gasteiger partial charge in [0.2, 0.25) is 5.91 Å². The van der Waals surface area contributed by atoms with Crippen molar-refractivity contribution >= 4 is 22.5 Å². The van der Waals surface area contributed by atoms with Gasteiger partial charge in [0, 0.05) is 24.4 Å². The van der Waals surface area contributed by atoms with Gasteiger partial charge in [0.1, 0.15) is 0 Å². The number of hydrogen-bond acceptors (Lipinski definition) is 4. The van der Waals surface area contributed by atoms with Gasteiger partial charge in [-0.3, -0.25) is 9.89 Å². The number of fused-ring (bicyclic) bond motifs is 1. The van der Waals surface area contributed by atoms with Crippen molar-refractivity contribution in [3.8, 4) is 0 Å². The van der Waals surface area contributed by atoms with E-state index in [1.165, 1.54) is 0 Å². The maximum atomic E-state index is 12.0. The normalized spacial score (nSPS) is 19.5. The Balaban J connectivity index is 1.67. The SMILES string of the molecule is O=C(CC1COCCN1)Nc1cccc2cn[nH]c12. The van der Waals surface area contributed by atoms with E-state index < -0.39 is 0 Å². The molecule has 1 aromatic heterocycles. The minimum atomic E-state index is -0.0231. The van der Waals surface area contributed by atoms with E-state index in [-0.39, 0.29) is 11.9 Å². The molecule has 1 amide bonds. The lowest BCUT2D eigenvalue weighted by Crippen LogP contribution is -2.43. The molecule has 2 aromatic rings. The van der Waals surface area contributed by atoms with Gasteiger partial charge < -0.3 is 15.4 Å². The Morgan fingerprint density at radius 3 is 3.32 bits per heavy atom. The van der Waals surface area contributed by atoms with Crippen LogP contribution in [-0.4, -0.2) is 41.9 Å². The first kappa shape index (κ1) is 12.1. The zero-order valence-corrected chi connectivity index (χ0v) is 10.5. The lowest BCUT2D eigenvalue weighted by atomic mass is 10.1. The molecule has 1 aliphatic rings. The van der Waals surface area contributed by atoms with E-state index in [1.807, 2.05) is 18.2 Å². The first-order valence-electron chi connectivity index (χ1n) is 6.36. The number of benzene rings is 1. The summed E-state index contributed by atoms with van der Waals surface area (Å²) in [5.41, 5.74) is 1.61. The van der Waals surface area contributed by atoms with Gasteiger partial charge in [-0.05, 0) is 6.07 Å². The molecule has 2 heterocycles. The van der Waals surface area contributed by atoms with Gasteiger partial charge in [-0.2, -0.15) is 5.10 Å². The molecular weight excluding hydrogens is 244 g/mol. The number of ether oxygens (including phenoxy) is 1. The Kier molecular flexibility index (Phi) is 3.43. The Bertz CT molecular complexity index is 575. The smallest absolute Gasteiger partial charge is 0.226 e. The van der Waals surface area contributed by atoms with Crippen LogP contribution < -0.4 is 10.6 Å². The summed E-state index contributed by atoms with van der Waals surface area (Å²) in [4.78, 5) is 12.0. The predicted octanol–water partition coefficient (Wildman–Crippen LogP) is 0.880. The maximum Gasteiger partial charge on any atom is 0.226 e. The van der Waals surface area contributed by atoms with E-state index in [9.17, 15) is 4.79 Å². The van der Waals surface area contributed by atoms with E-state index in [0.717, 1.165) is 23.1 Å². The number of nitrogens with one attached hydrogen (secondary N) is 3. The fourth-order valence-electron chi connectivity index (χ4n) is 2.25. The minimum absolute atomic E-state index is 0.0231. The molecule has 1 fully saturated rings. The molecule has 1 aliphatic heterocycles. The number of carbonyl (C=O) groups excluding carboxylic acids is 1. The van der Waals surface area contributed by atoms with Crippen molar-refractivity contribution in [3.05, 3.63) is 24.4 Å². The summed E-state index contributed by atoms with van der Waals surface area (Å²) in [6, 6.07) is 5.80. The van der Waals surface area contributed by atoms with Crippen LogP contribution >= 0.6 is 0 Å². The Hall–Kier alpha value is -1.92. The third kappa shape index (κ3) is 2.74. The average Bonchev–Trinajstić information content (AvgIpc) is 2.89. The van der Waals surface area contributed by atoms with Crippen LogP contribution in [0.25, 0.3) is 10.9 Å². The first-order valence-corrected chi connectivity index (χ1v) is 6.36. The maximum absolute atomic E-state index is 12.0. The van der Waals surface area contributed by atoms with Gasteiger partial charge in [0.05, 0.1) is 30.6 Å². The number of para-hydroxylation sites is 1. The number of H-pyrrole nitrogens is 1. The molecule has 0 spiro atoms. The molecule has 3 rings (SSSR count). The van der Waals surface area contributed by atoms with Crippen molar-refractivity contribution in [3.63, 3.8) is 0 Å². The molecule has 3 N–H and O–H groups in total. The molecule has 0 aliphatic carbocycles. The lowest BCUT2D eigenvalue weighted by Gasteiger charge is -2.23. The van der Waals surface area contributed by atoms with Crippen LogP contribution in [0.2, 0.25) is 0 Å². The van der Waals surface area contributed by atoms with E-state index in [1.54, 1.807) is 6.20 Å². The second-order valence-electron chi connectivity index (χ2n) is 4.62. The van der Waals surface area contributed by atoms with Crippen LogP contribution in [0.1, 0.15) is 6.42 Å². The third-order valence-corrected chi connectivity index (χ3v) is 3.18. The van der Waals surface area contributed by atoms with Crippen LogP contribution in [0.3, 0.4) is 0 Å². The number of carbonyl (C=O) groups is 1. The summed E-state index contributed by atoms with van der Waals surface area (Å²) in [7, 11) is 0. The summed E-state index contributed by atoms with van der Waals surface area (Å²) in [6.45, 7) is 2.10. The third-order valence-electron chi connectivity index (χ3n) is 3.18. The summed E-state index contributed by atoms with van der Waals surface area (Å²) in [5.74, 6) is -0.0231. The number of aromatic amines is 1. The number of amides is 1. The molecule has 19 heavy (non-hydrogen) atoms. The number of anilines is 1. The zero-order chi connectivity index (χ0) is 13.1. The second kappa shape index (κ2) is 5.38. The largest absolute Gasteiger partial charge is 0.378 e. The van der Waals surface area contributed by atoms with Gasteiger partial charge >= 0.3 is 0 Å². The van der Waals surface area contributed by atoms with Crippen LogP contribution in [-0.2, 0) is 9.53 Å². The molecule has 1 saturated heterocycles. The van der Waals surface area contributed by atoms with Gasteiger partial charge in [-0.15, -0.1) is 0 Å². The van der Waals surface area contributed by atoms with Crippen LogP contribution in [0, 0.1) is 0 Å². The first-order chi connectivity index (χ1) is 9.33. The Labute approximate surface area is 110 Å². The molecular formula is C13H16N4O2. The molecule has 6 nitrogen and oxygen atoms in total. The average molecular weight is 260 g/mol. The zero-order valence-electron chi connectivity index (χ0n) is 10.5. The number of hydrogen-bond donors (Lipinski definition) is 3. The van der Waals surface area contributed by atoms with E-state index >= 15 is 0 Å². The van der Waals surface area contributed by atoms with Crippen molar-refractivity contribution in [2.75, 3.05) is 25.1 Å². The molecule has 0 saturated carbocycles. The highest BCUT2D eigenvalue weighted by Gasteiger charge is 2.17. The summed E-state index contributed by atoms with van der Waals surface area (Å²) in [5, 5.41) is 14.0. The molecule has 6 heteroatoms. The number of morpholine rings is 1. The van der Waals surface area contributed by atoms with Crippen LogP contribution in [0.15, 0.2) is 24.4 Å².